The zero-order valence-corrected chi connectivity index (χ0v) is 12.4. The van der Waals surface area contributed by atoms with Crippen molar-refractivity contribution in [1.82, 2.24) is 5.32 Å². The minimum atomic E-state index is -1.03. The molecule has 0 heterocycles. The maximum absolute atomic E-state index is 11.7. The van der Waals surface area contributed by atoms with Gasteiger partial charge in [0, 0.05) is 0 Å². The van der Waals surface area contributed by atoms with E-state index >= 15 is 0 Å². The second-order valence-electron chi connectivity index (χ2n) is 4.34. The standard InChI is InChI=1S/C14H19NO4S/c1-10-4-3-5-11(8-10)19-9-13(16)15-12(14(17)18)6-7-20-2/h3-5,8,12H,6-7,9H2,1-2H3,(H,15,16)(H,17,18)/t12-/m0/s1. The van der Waals surface area contributed by atoms with Crippen LogP contribution in [-0.2, 0) is 9.59 Å². The monoisotopic (exact) mass is 297 g/mol. The highest BCUT2D eigenvalue weighted by atomic mass is 32.2. The van der Waals surface area contributed by atoms with Crippen molar-refractivity contribution in [3.8, 4) is 5.75 Å². The molecule has 1 aromatic carbocycles. The molecule has 0 radical (unpaired) electrons. The van der Waals surface area contributed by atoms with Crippen molar-refractivity contribution in [1.29, 1.82) is 0 Å². The molecule has 0 aliphatic carbocycles. The van der Waals surface area contributed by atoms with Gasteiger partial charge in [0.1, 0.15) is 11.8 Å². The molecule has 1 atom stereocenters. The number of amides is 1. The molecule has 6 heteroatoms. The summed E-state index contributed by atoms with van der Waals surface area (Å²) in [5.74, 6) is -0.185. The van der Waals surface area contributed by atoms with Gasteiger partial charge in [0.25, 0.3) is 5.91 Å². The summed E-state index contributed by atoms with van der Waals surface area (Å²) < 4.78 is 5.32. The zero-order chi connectivity index (χ0) is 15.0. The maximum atomic E-state index is 11.7. The Morgan fingerprint density at radius 1 is 1.45 bits per heavy atom. The molecule has 110 valence electrons. The Hall–Kier alpha value is -1.69. The van der Waals surface area contributed by atoms with E-state index in [1.807, 2.05) is 31.4 Å². The topological polar surface area (TPSA) is 75.6 Å². The van der Waals surface area contributed by atoms with E-state index < -0.39 is 17.9 Å². The van der Waals surface area contributed by atoms with Crippen LogP contribution >= 0.6 is 11.8 Å². The number of carboxylic acid groups (broad SMARTS) is 1. The number of benzene rings is 1. The van der Waals surface area contributed by atoms with E-state index in [-0.39, 0.29) is 6.61 Å². The van der Waals surface area contributed by atoms with Gasteiger partial charge in [-0.2, -0.15) is 11.8 Å². The Labute approximate surface area is 122 Å². The molecule has 1 aromatic rings. The summed E-state index contributed by atoms with van der Waals surface area (Å²) in [4.78, 5) is 22.7. The Morgan fingerprint density at radius 3 is 2.80 bits per heavy atom. The number of aryl methyl sites for hydroxylation is 1. The summed E-state index contributed by atoms with van der Waals surface area (Å²) in [7, 11) is 0. The Morgan fingerprint density at radius 2 is 2.20 bits per heavy atom. The number of hydrogen-bond acceptors (Lipinski definition) is 4. The number of rotatable bonds is 8. The predicted molar refractivity (Wildman–Crippen MR) is 79.2 cm³/mol. The van der Waals surface area contributed by atoms with Crippen LogP contribution in [0.25, 0.3) is 0 Å². The summed E-state index contributed by atoms with van der Waals surface area (Å²) in [5.41, 5.74) is 1.03. The van der Waals surface area contributed by atoms with Gasteiger partial charge in [-0.1, -0.05) is 12.1 Å². The van der Waals surface area contributed by atoms with E-state index in [0.29, 0.717) is 17.9 Å². The lowest BCUT2D eigenvalue weighted by Gasteiger charge is -2.14. The summed E-state index contributed by atoms with van der Waals surface area (Å²) in [5, 5.41) is 11.5. The van der Waals surface area contributed by atoms with Crippen LogP contribution in [0, 0.1) is 6.92 Å². The molecule has 1 amide bonds. The molecule has 0 saturated carbocycles. The van der Waals surface area contributed by atoms with Crippen molar-refractivity contribution in [2.45, 2.75) is 19.4 Å². The molecule has 0 aromatic heterocycles. The van der Waals surface area contributed by atoms with E-state index in [1.165, 1.54) is 0 Å². The normalized spacial score (nSPS) is 11.7. The van der Waals surface area contributed by atoms with E-state index in [4.69, 9.17) is 9.84 Å². The van der Waals surface area contributed by atoms with Gasteiger partial charge in [-0.05, 0) is 43.0 Å². The molecule has 2 N–H and O–H groups in total. The van der Waals surface area contributed by atoms with Gasteiger partial charge in [-0.15, -0.1) is 0 Å². The summed E-state index contributed by atoms with van der Waals surface area (Å²) in [6.07, 6.45) is 2.29. The highest BCUT2D eigenvalue weighted by Crippen LogP contribution is 2.12. The van der Waals surface area contributed by atoms with Gasteiger partial charge in [0.2, 0.25) is 0 Å². The third kappa shape index (κ3) is 5.97. The number of hydrogen-bond donors (Lipinski definition) is 2. The number of ether oxygens (including phenoxy) is 1. The fourth-order valence-electron chi connectivity index (χ4n) is 1.58. The average molecular weight is 297 g/mol. The first-order valence-electron chi connectivity index (χ1n) is 6.23. The Kier molecular flexibility index (Phi) is 6.93. The number of carboxylic acids is 1. The number of aliphatic carboxylic acids is 1. The fourth-order valence-corrected chi connectivity index (χ4v) is 2.05. The molecule has 0 aliphatic rings. The van der Waals surface area contributed by atoms with Crippen LogP contribution in [0.5, 0.6) is 5.75 Å². The van der Waals surface area contributed by atoms with Crippen molar-refractivity contribution in [2.24, 2.45) is 0 Å². The highest BCUT2D eigenvalue weighted by molar-refractivity contribution is 7.98. The SMILES string of the molecule is CSCC[C@H](NC(=O)COc1cccc(C)c1)C(=O)O. The number of thioether (sulfide) groups is 1. The fraction of sp³-hybridized carbons (Fsp3) is 0.429. The average Bonchev–Trinajstić information content (AvgIpc) is 2.41. The minimum absolute atomic E-state index is 0.188. The van der Waals surface area contributed by atoms with Gasteiger partial charge < -0.3 is 15.2 Å². The Balaban J connectivity index is 2.43. The van der Waals surface area contributed by atoms with Crippen molar-refractivity contribution >= 4 is 23.6 Å². The van der Waals surface area contributed by atoms with Crippen LogP contribution in [0.2, 0.25) is 0 Å². The summed E-state index contributed by atoms with van der Waals surface area (Å²) in [6.45, 7) is 1.74. The highest BCUT2D eigenvalue weighted by Gasteiger charge is 2.19. The van der Waals surface area contributed by atoms with Crippen LogP contribution in [0.1, 0.15) is 12.0 Å². The van der Waals surface area contributed by atoms with Crippen LogP contribution in [0.4, 0.5) is 0 Å². The molecule has 20 heavy (non-hydrogen) atoms. The van der Waals surface area contributed by atoms with Crippen molar-refractivity contribution in [2.75, 3.05) is 18.6 Å². The van der Waals surface area contributed by atoms with Crippen molar-refractivity contribution in [3.05, 3.63) is 29.8 Å². The summed E-state index contributed by atoms with van der Waals surface area (Å²) in [6, 6.07) is 6.46. The molecular formula is C14H19NO4S. The lowest BCUT2D eigenvalue weighted by Crippen LogP contribution is -2.43. The van der Waals surface area contributed by atoms with Gasteiger partial charge in [0.05, 0.1) is 0 Å². The quantitative estimate of drug-likeness (QED) is 0.764. The van der Waals surface area contributed by atoms with Gasteiger partial charge in [0.15, 0.2) is 6.61 Å². The molecule has 5 nitrogen and oxygen atoms in total. The zero-order valence-electron chi connectivity index (χ0n) is 11.6. The smallest absolute Gasteiger partial charge is 0.326 e. The van der Waals surface area contributed by atoms with E-state index in [1.54, 1.807) is 17.8 Å². The Bertz CT molecular complexity index is 464. The van der Waals surface area contributed by atoms with Gasteiger partial charge in [-0.25, -0.2) is 4.79 Å². The lowest BCUT2D eigenvalue weighted by molar-refractivity contribution is -0.142. The minimum Gasteiger partial charge on any atom is -0.484 e. The van der Waals surface area contributed by atoms with E-state index in [0.717, 1.165) is 5.56 Å². The molecule has 0 saturated heterocycles. The first-order chi connectivity index (χ1) is 9.52. The van der Waals surface area contributed by atoms with Crippen molar-refractivity contribution in [3.63, 3.8) is 0 Å². The molecule has 0 bridgehead atoms. The molecule has 0 spiro atoms. The molecule has 1 rings (SSSR count). The number of carbonyl (C=O) groups excluding carboxylic acids is 1. The summed E-state index contributed by atoms with van der Waals surface area (Å²) >= 11 is 1.54. The van der Waals surface area contributed by atoms with Crippen LogP contribution < -0.4 is 10.1 Å². The second kappa shape index (κ2) is 8.47. The number of carbonyl (C=O) groups is 2. The molecule has 0 aliphatic heterocycles. The third-order valence-corrected chi connectivity index (χ3v) is 3.25. The van der Waals surface area contributed by atoms with Crippen LogP contribution in [0.15, 0.2) is 24.3 Å². The first-order valence-corrected chi connectivity index (χ1v) is 7.63. The molecular weight excluding hydrogens is 278 g/mol. The second-order valence-corrected chi connectivity index (χ2v) is 5.33. The third-order valence-electron chi connectivity index (χ3n) is 2.60. The molecule has 0 unspecified atom stereocenters. The van der Waals surface area contributed by atoms with Crippen molar-refractivity contribution < 1.29 is 19.4 Å². The van der Waals surface area contributed by atoms with E-state index in [9.17, 15) is 9.59 Å². The van der Waals surface area contributed by atoms with Gasteiger partial charge >= 0.3 is 5.97 Å². The first kappa shape index (κ1) is 16.4. The maximum Gasteiger partial charge on any atom is 0.326 e. The number of nitrogens with one attached hydrogen (secondary N) is 1. The van der Waals surface area contributed by atoms with Crippen LogP contribution in [0.3, 0.4) is 0 Å². The lowest BCUT2D eigenvalue weighted by atomic mass is 10.2. The molecule has 0 fully saturated rings. The van der Waals surface area contributed by atoms with Crippen LogP contribution in [-0.4, -0.2) is 41.6 Å². The van der Waals surface area contributed by atoms with Gasteiger partial charge in [-0.3, -0.25) is 4.79 Å². The van der Waals surface area contributed by atoms with E-state index in [2.05, 4.69) is 5.32 Å². The largest absolute Gasteiger partial charge is 0.484 e. The predicted octanol–water partition coefficient (Wildman–Crippen LogP) is 1.70.